The molecule has 3 amide bonds. The molecule has 0 bridgehead atoms. The number of hydrogen-bond donors (Lipinski definition) is 0. The number of rotatable bonds is 7. The fourth-order valence-electron chi connectivity index (χ4n) is 3.40. The van der Waals surface area contributed by atoms with Gasteiger partial charge in [-0.3, -0.25) is 19.3 Å². The normalized spacial score (nSPS) is 18.5. The molecule has 2 fully saturated rings. The quantitative estimate of drug-likeness (QED) is 0.608. The number of nitrogens with zero attached hydrogens (tertiary/aromatic N) is 2. The van der Waals surface area contributed by atoms with Crippen LogP contribution in [0.3, 0.4) is 0 Å². The van der Waals surface area contributed by atoms with Gasteiger partial charge in [-0.25, -0.2) is 0 Å². The number of thioether (sulfide) groups is 1. The fraction of sp³-hybridized carbons (Fsp3) is 0.500. The Balaban J connectivity index is 1.74. The average Bonchev–Trinajstić information content (AvgIpc) is 2.98. The zero-order valence-electron chi connectivity index (χ0n) is 17.7. The molecule has 2 aliphatic rings. The van der Waals surface area contributed by atoms with Crippen molar-refractivity contribution < 1.29 is 23.9 Å². The van der Waals surface area contributed by atoms with Crippen LogP contribution in [0.5, 0.6) is 11.5 Å². The summed E-state index contributed by atoms with van der Waals surface area (Å²) in [4.78, 5) is 40.7. The highest BCUT2D eigenvalue weighted by atomic mass is 32.2. The molecule has 2 aliphatic heterocycles. The first-order valence-electron chi connectivity index (χ1n) is 10.4. The minimum absolute atomic E-state index is 0.00370. The van der Waals surface area contributed by atoms with Crippen LogP contribution >= 0.6 is 11.8 Å². The molecule has 2 heterocycles. The monoisotopic (exact) mass is 432 g/mol. The maximum Gasteiger partial charge on any atom is 0.294 e. The van der Waals surface area contributed by atoms with Crippen molar-refractivity contribution in [3.8, 4) is 11.5 Å². The lowest BCUT2D eigenvalue weighted by Crippen LogP contribution is -2.44. The largest absolute Gasteiger partial charge is 0.490 e. The zero-order valence-corrected chi connectivity index (χ0v) is 18.5. The van der Waals surface area contributed by atoms with Crippen molar-refractivity contribution in [2.75, 3.05) is 26.2 Å². The van der Waals surface area contributed by atoms with Crippen LogP contribution in [-0.2, 0) is 9.59 Å². The summed E-state index contributed by atoms with van der Waals surface area (Å²) in [6.45, 7) is 7.42. The Morgan fingerprint density at radius 2 is 1.90 bits per heavy atom. The molecule has 1 aromatic carbocycles. The van der Waals surface area contributed by atoms with E-state index in [-0.39, 0.29) is 18.6 Å². The molecule has 162 valence electrons. The van der Waals surface area contributed by atoms with E-state index >= 15 is 0 Å². The van der Waals surface area contributed by atoms with E-state index in [0.29, 0.717) is 36.1 Å². The standard InChI is InChI=1S/C22H28N2O5S/c1-4-28-18-12-16(8-9-17(18)29-15(2)3)13-19-21(26)24(22(27)30-19)14-20(25)23-10-6-5-7-11-23/h8-9,12-13,15H,4-7,10-11,14H2,1-3H3/b19-13-. The van der Waals surface area contributed by atoms with E-state index in [9.17, 15) is 14.4 Å². The van der Waals surface area contributed by atoms with Crippen molar-refractivity contribution >= 4 is 34.9 Å². The van der Waals surface area contributed by atoms with Crippen LogP contribution in [0.15, 0.2) is 23.1 Å². The Morgan fingerprint density at radius 3 is 2.57 bits per heavy atom. The van der Waals surface area contributed by atoms with Gasteiger partial charge in [-0.15, -0.1) is 0 Å². The lowest BCUT2D eigenvalue weighted by atomic mass is 10.1. The number of amides is 3. The number of ether oxygens (including phenoxy) is 2. The van der Waals surface area contributed by atoms with E-state index in [1.165, 1.54) is 0 Å². The summed E-state index contributed by atoms with van der Waals surface area (Å²) in [7, 11) is 0. The molecule has 3 rings (SSSR count). The van der Waals surface area contributed by atoms with E-state index in [1.807, 2.05) is 26.8 Å². The number of hydrogen-bond acceptors (Lipinski definition) is 6. The van der Waals surface area contributed by atoms with Gasteiger partial charge in [0.2, 0.25) is 5.91 Å². The average molecular weight is 433 g/mol. The second-order valence-corrected chi connectivity index (χ2v) is 8.51. The molecule has 8 heteroatoms. The summed E-state index contributed by atoms with van der Waals surface area (Å²) >= 11 is 0.855. The van der Waals surface area contributed by atoms with E-state index in [0.717, 1.165) is 41.5 Å². The van der Waals surface area contributed by atoms with Crippen molar-refractivity contribution in [1.29, 1.82) is 0 Å². The first-order chi connectivity index (χ1) is 14.4. The number of likely N-dealkylation sites (tertiary alicyclic amines) is 1. The van der Waals surface area contributed by atoms with Crippen molar-refractivity contribution in [1.82, 2.24) is 9.80 Å². The summed E-state index contributed by atoms with van der Waals surface area (Å²) in [6.07, 6.45) is 4.69. The lowest BCUT2D eigenvalue weighted by molar-refractivity contribution is -0.136. The van der Waals surface area contributed by atoms with Crippen LogP contribution < -0.4 is 9.47 Å². The van der Waals surface area contributed by atoms with Gasteiger partial charge in [0.25, 0.3) is 11.1 Å². The Morgan fingerprint density at radius 1 is 1.17 bits per heavy atom. The number of carbonyl (C=O) groups excluding carboxylic acids is 3. The highest BCUT2D eigenvalue weighted by Gasteiger charge is 2.37. The highest BCUT2D eigenvalue weighted by Crippen LogP contribution is 2.35. The second kappa shape index (κ2) is 10.0. The first-order valence-corrected chi connectivity index (χ1v) is 11.2. The molecule has 0 unspecified atom stereocenters. The van der Waals surface area contributed by atoms with Crippen LogP contribution in [0.1, 0.15) is 45.6 Å². The maximum absolute atomic E-state index is 12.8. The summed E-state index contributed by atoms with van der Waals surface area (Å²) in [5.41, 5.74) is 0.724. The molecule has 0 aromatic heterocycles. The summed E-state index contributed by atoms with van der Waals surface area (Å²) < 4.78 is 11.4. The summed E-state index contributed by atoms with van der Waals surface area (Å²) in [6, 6.07) is 5.39. The number of piperidine rings is 1. The van der Waals surface area contributed by atoms with Crippen LogP contribution in [-0.4, -0.2) is 59.2 Å². The molecule has 7 nitrogen and oxygen atoms in total. The molecular formula is C22H28N2O5S. The van der Waals surface area contributed by atoms with Crippen molar-refractivity contribution in [3.63, 3.8) is 0 Å². The molecule has 0 N–H and O–H groups in total. The van der Waals surface area contributed by atoms with Gasteiger partial charge in [0, 0.05) is 13.1 Å². The molecular weight excluding hydrogens is 404 g/mol. The third kappa shape index (κ3) is 5.36. The second-order valence-electron chi connectivity index (χ2n) is 7.52. The molecule has 1 aromatic rings. The van der Waals surface area contributed by atoms with Crippen molar-refractivity contribution in [2.45, 2.75) is 46.1 Å². The van der Waals surface area contributed by atoms with E-state index in [1.54, 1.807) is 23.1 Å². The van der Waals surface area contributed by atoms with Crippen LogP contribution in [0.4, 0.5) is 4.79 Å². The summed E-state index contributed by atoms with van der Waals surface area (Å²) in [5.74, 6) is 0.603. The zero-order chi connectivity index (χ0) is 21.7. The van der Waals surface area contributed by atoms with Crippen LogP contribution in [0.25, 0.3) is 6.08 Å². The Bertz CT molecular complexity index is 846. The number of imide groups is 1. The predicted octanol–water partition coefficient (Wildman–Crippen LogP) is 3.92. The van der Waals surface area contributed by atoms with Gasteiger partial charge in [0.1, 0.15) is 6.54 Å². The van der Waals surface area contributed by atoms with Gasteiger partial charge in [-0.2, -0.15) is 0 Å². The van der Waals surface area contributed by atoms with Gasteiger partial charge in [-0.05, 0) is 75.6 Å². The van der Waals surface area contributed by atoms with E-state index in [4.69, 9.17) is 9.47 Å². The molecule has 0 spiro atoms. The molecule has 0 radical (unpaired) electrons. The topological polar surface area (TPSA) is 76.2 Å². The Kier molecular flexibility index (Phi) is 7.42. The lowest BCUT2D eigenvalue weighted by Gasteiger charge is -2.27. The predicted molar refractivity (Wildman–Crippen MR) is 116 cm³/mol. The van der Waals surface area contributed by atoms with Gasteiger partial charge < -0.3 is 14.4 Å². The molecule has 0 saturated carbocycles. The van der Waals surface area contributed by atoms with Crippen LogP contribution in [0, 0.1) is 0 Å². The minimum Gasteiger partial charge on any atom is -0.490 e. The molecule has 30 heavy (non-hydrogen) atoms. The molecule has 0 atom stereocenters. The molecule has 2 saturated heterocycles. The Labute approximate surface area is 181 Å². The first kappa shape index (κ1) is 22.2. The van der Waals surface area contributed by atoms with Gasteiger partial charge in [0.15, 0.2) is 11.5 Å². The molecule has 0 aliphatic carbocycles. The third-order valence-electron chi connectivity index (χ3n) is 4.80. The Hall–Kier alpha value is -2.48. The fourth-order valence-corrected chi connectivity index (χ4v) is 4.24. The van der Waals surface area contributed by atoms with Crippen molar-refractivity contribution in [3.05, 3.63) is 28.7 Å². The summed E-state index contributed by atoms with van der Waals surface area (Å²) in [5, 5.41) is -0.415. The minimum atomic E-state index is -0.434. The van der Waals surface area contributed by atoms with E-state index in [2.05, 4.69) is 0 Å². The smallest absolute Gasteiger partial charge is 0.294 e. The number of benzene rings is 1. The third-order valence-corrected chi connectivity index (χ3v) is 5.71. The van der Waals surface area contributed by atoms with Crippen LogP contribution in [0.2, 0.25) is 0 Å². The van der Waals surface area contributed by atoms with Gasteiger partial charge in [0.05, 0.1) is 17.6 Å². The maximum atomic E-state index is 12.8. The van der Waals surface area contributed by atoms with Gasteiger partial charge in [-0.1, -0.05) is 6.07 Å². The van der Waals surface area contributed by atoms with Crippen molar-refractivity contribution in [2.24, 2.45) is 0 Å². The van der Waals surface area contributed by atoms with Gasteiger partial charge >= 0.3 is 0 Å². The highest BCUT2D eigenvalue weighted by molar-refractivity contribution is 8.18. The number of carbonyl (C=O) groups is 3. The van der Waals surface area contributed by atoms with E-state index < -0.39 is 11.1 Å². The SMILES string of the molecule is CCOc1cc(/C=C2\SC(=O)N(CC(=O)N3CCCCC3)C2=O)ccc1OC(C)C.